The standard InChI is InChI=1S/C24H31BrN2O4S/c1-5-6-11-30-21-9-7-17(12-22(21)29-4)14-26-24(32)27-23(28)18-8-10-20(19(25)13-18)31-15-16(2)3/h7-10,12-13,16H,5-6,11,14-15H2,1-4H3,(H2,26,27,28,32). The minimum absolute atomic E-state index is 0.244. The number of hydrogen-bond donors (Lipinski definition) is 2. The minimum Gasteiger partial charge on any atom is -0.493 e. The summed E-state index contributed by atoms with van der Waals surface area (Å²) >= 11 is 8.74. The number of carbonyl (C=O) groups excluding carboxylic acids is 1. The minimum atomic E-state index is -0.295. The van der Waals surface area contributed by atoms with E-state index in [2.05, 4.69) is 47.3 Å². The number of hydrogen-bond acceptors (Lipinski definition) is 5. The molecule has 2 rings (SSSR count). The lowest BCUT2D eigenvalue weighted by molar-refractivity contribution is 0.0976. The van der Waals surface area contributed by atoms with Crippen LogP contribution in [0, 0.1) is 5.92 Å². The van der Waals surface area contributed by atoms with E-state index in [-0.39, 0.29) is 11.0 Å². The fourth-order valence-electron chi connectivity index (χ4n) is 2.69. The van der Waals surface area contributed by atoms with Crippen molar-refractivity contribution in [1.82, 2.24) is 10.6 Å². The van der Waals surface area contributed by atoms with Crippen LogP contribution in [0.5, 0.6) is 17.2 Å². The van der Waals surface area contributed by atoms with Crippen molar-refractivity contribution in [3.8, 4) is 17.2 Å². The molecule has 0 heterocycles. The zero-order chi connectivity index (χ0) is 23.5. The van der Waals surface area contributed by atoms with E-state index in [1.807, 2.05) is 18.2 Å². The second-order valence-corrected chi connectivity index (χ2v) is 8.94. The fourth-order valence-corrected chi connectivity index (χ4v) is 3.34. The molecule has 0 aliphatic heterocycles. The average molecular weight is 523 g/mol. The molecule has 0 bridgehead atoms. The summed E-state index contributed by atoms with van der Waals surface area (Å²) in [5.74, 6) is 2.20. The van der Waals surface area contributed by atoms with Gasteiger partial charge in [0.25, 0.3) is 5.91 Å². The third-order valence-corrected chi connectivity index (χ3v) is 5.30. The molecular formula is C24H31BrN2O4S. The van der Waals surface area contributed by atoms with Gasteiger partial charge in [-0.15, -0.1) is 0 Å². The molecular weight excluding hydrogens is 492 g/mol. The van der Waals surface area contributed by atoms with Crippen LogP contribution in [-0.2, 0) is 6.54 Å². The Morgan fingerprint density at radius 1 is 1.09 bits per heavy atom. The summed E-state index contributed by atoms with van der Waals surface area (Å²) in [6, 6.07) is 10.9. The highest BCUT2D eigenvalue weighted by atomic mass is 79.9. The summed E-state index contributed by atoms with van der Waals surface area (Å²) in [5, 5.41) is 5.99. The van der Waals surface area contributed by atoms with Crippen molar-refractivity contribution in [2.45, 2.75) is 40.2 Å². The zero-order valence-corrected chi connectivity index (χ0v) is 21.4. The summed E-state index contributed by atoms with van der Waals surface area (Å²) < 4.78 is 17.6. The van der Waals surface area contributed by atoms with Gasteiger partial charge in [0.1, 0.15) is 5.75 Å². The van der Waals surface area contributed by atoms with Crippen LogP contribution >= 0.6 is 28.1 Å². The molecule has 0 spiro atoms. The summed E-state index contributed by atoms with van der Waals surface area (Å²) in [6.07, 6.45) is 2.06. The van der Waals surface area contributed by atoms with Crippen LogP contribution in [-0.4, -0.2) is 31.3 Å². The number of unbranched alkanes of at least 4 members (excludes halogenated alkanes) is 1. The molecule has 0 fully saturated rings. The van der Waals surface area contributed by atoms with Gasteiger partial charge >= 0.3 is 0 Å². The predicted octanol–water partition coefficient (Wildman–Crippen LogP) is 5.48. The second-order valence-electron chi connectivity index (χ2n) is 7.67. The monoisotopic (exact) mass is 522 g/mol. The van der Waals surface area contributed by atoms with Crippen LogP contribution in [0.2, 0.25) is 0 Å². The maximum atomic E-state index is 12.5. The third kappa shape index (κ3) is 8.31. The maximum absolute atomic E-state index is 12.5. The van der Waals surface area contributed by atoms with Crippen LogP contribution in [0.3, 0.4) is 0 Å². The Hall–Kier alpha value is -2.32. The Bertz CT molecular complexity index is 921. The lowest BCUT2D eigenvalue weighted by Gasteiger charge is -2.14. The largest absolute Gasteiger partial charge is 0.493 e. The van der Waals surface area contributed by atoms with E-state index >= 15 is 0 Å². The summed E-state index contributed by atoms with van der Waals surface area (Å²) in [7, 11) is 1.61. The number of thiocarbonyl (C=S) groups is 1. The SMILES string of the molecule is CCCCOc1ccc(CNC(=S)NC(=O)c2ccc(OCC(C)C)c(Br)c2)cc1OC. The smallest absolute Gasteiger partial charge is 0.257 e. The predicted molar refractivity (Wildman–Crippen MR) is 135 cm³/mol. The molecule has 2 aromatic rings. The molecule has 0 saturated carbocycles. The number of carbonyl (C=O) groups is 1. The third-order valence-electron chi connectivity index (χ3n) is 4.43. The van der Waals surface area contributed by atoms with E-state index in [0.717, 1.165) is 22.9 Å². The molecule has 2 N–H and O–H groups in total. The van der Waals surface area contributed by atoms with Crippen LogP contribution in [0.1, 0.15) is 49.5 Å². The number of halogens is 1. The first-order valence-corrected chi connectivity index (χ1v) is 11.8. The Morgan fingerprint density at radius 3 is 2.50 bits per heavy atom. The van der Waals surface area contributed by atoms with Gasteiger partial charge in [-0.2, -0.15) is 0 Å². The van der Waals surface area contributed by atoms with Gasteiger partial charge in [-0.1, -0.05) is 33.3 Å². The second kappa shape index (κ2) is 13.3. The highest BCUT2D eigenvalue weighted by Crippen LogP contribution is 2.28. The van der Waals surface area contributed by atoms with E-state index < -0.39 is 0 Å². The fraction of sp³-hybridized carbons (Fsp3) is 0.417. The van der Waals surface area contributed by atoms with E-state index in [1.165, 1.54) is 0 Å². The van der Waals surface area contributed by atoms with Crippen molar-refractivity contribution in [3.63, 3.8) is 0 Å². The zero-order valence-electron chi connectivity index (χ0n) is 19.0. The number of rotatable bonds is 11. The molecule has 0 unspecified atom stereocenters. The van der Waals surface area contributed by atoms with Gasteiger partial charge in [0.2, 0.25) is 0 Å². The first kappa shape index (κ1) is 25.9. The van der Waals surface area contributed by atoms with E-state index in [4.69, 9.17) is 26.4 Å². The molecule has 8 heteroatoms. The molecule has 2 aromatic carbocycles. The van der Waals surface area contributed by atoms with Crippen LogP contribution in [0.25, 0.3) is 0 Å². The van der Waals surface area contributed by atoms with Crippen molar-refractivity contribution < 1.29 is 19.0 Å². The van der Waals surface area contributed by atoms with Gasteiger partial charge in [0, 0.05) is 12.1 Å². The first-order valence-electron chi connectivity index (χ1n) is 10.6. The molecule has 0 saturated heterocycles. The Labute approximate surface area is 204 Å². The average Bonchev–Trinajstić information content (AvgIpc) is 2.77. The molecule has 1 amide bonds. The lowest BCUT2D eigenvalue weighted by Crippen LogP contribution is -2.38. The maximum Gasteiger partial charge on any atom is 0.257 e. The van der Waals surface area contributed by atoms with Crippen LogP contribution in [0.15, 0.2) is 40.9 Å². The van der Waals surface area contributed by atoms with Crippen molar-refractivity contribution in [1.29, 1.82) is 0 Å². The van der Waals surface area contributed by atoms with E-state index in [0.29, 0.717) is 48.5 Å². The molecule has 0 radical (unpaired) electrons. The highest BCUT2D eigenvalue weighted by molar-refractivity contribution is 9.10. The van der Waals surface area contributed by atoms with Gasteiger partial charge in [-0.05, 0) is 76.4 Å². The Kier molecular flexibility index (Phi) is 10.8. The van der Waals surface area contributed by atoms with Gasteiger partial charge in [-0.25, -0.2) is 0 Å². The quantitative estimate of drug-likeness (QED) is 0.301. The number of amides is 1. The molecule has 0 aromatic heterocycles. The molecule has 6 nitrogen and oxygen atoms in total. The molecule has 0 aliphatic carbocycles. The van der Waals surface area contributed by atoms with Crippen molar-refractivity contribution >= 4 is 39.2 Å². The highest BCUT2D eigenvalue weighted by Gasteiger charge is 2.12. The normalized spacial score (nSPS) is 10.6. The van der Waals surface area contributed by atoms with E-state index in [1.54, 1.807) is 25.3 Å². The van der Waals surface area contributed by atoms with Crippen molar-refractivity contribution in [2.24, 2.45) is 5.92 Å². The number of benzene rings is 2. The first-order chi connectivity index (χ1) is 15.3. The van der Waals surface area contributed by atoms with Crippen LogP contribution < -0.4 is 24.8 Å². The van der Waals surface area contributed by atoms with Gasteiger partial charge in [0.15, 0.2) is 16.6 Å². The summed E-state index contributed by atoms with van der Waals surface area (Å²) in [6.45, 7) is 7.98. The lowest BCUT2D eigenvalue weighted by atomic mass is 10.2. The Morgan fingerprint density at radius 2 is 1.84 bits per heavy atom. The van der Waals surface area contributed by atoms with Crippen molar-refractivity contribution in [2.75, 3.05) is 20.3 Å². The molecule has 0 aliphatic rings. The van der Waals surface area contributed by atoms with E-state index in [9.17, 15) is 4.79 Å². The van der Waals surface area contributed by atoms with Gasteiger partial charge in [0.05, 0.1) is 24.8 Å². The Balaban J connectivity index is 1.89. The summed E-state index contributed by atoms with van der Waals surface area (Å²) in [4.78, 5) is 12.5. The number of methoxy groups -OCH3 is 1. The molecule has 0 atom stereocenters. The number of nitrogens with one attached hydrogen (secondary N) is 2. The topological polar surface area (TPSA) is 68.8 Å². The molecule has 174 valence electrons. The van der Waals surface area contributed by atoms with Gasteiger partial charge < -0.3 is 19.5 Å². The summed E-state index contributed by atoms with van der Waals surface area (Å²) in [5.41, 5.74) is 1.43. The molecule has 32 heavy (non-hydrogen) atoms. The van der Waals surface area contributed by atoms with Crippen molar-refractivity contribution in [3.05, 3.63) is 52.0 Å². The van der Waals surface area contributed by atoms with Gasteiger partial charge in [-0.3, -0.25) is 10.1 Å². The number of ether oxygens (including phenoxy) is 3. The van der Waals surface area contributed by atoms with Crippen LogP contribution in [0.4, 0.5) is 0 Å².